The summed E-state index contributed by atoms with van der Waals surface area (Å²) in [6.07, 6.45) is 5.67. The summed E-state index contributed by atoms with van der Waals surface area (Å²) in [6, 6.07) is 12.0. The molecule has 0 saturated carbocycles. The first-order valence-electron chi connectivity index (χ1n) is 8.42. The van der Waals surface area contributed by atoms with Crippen molar-refractivity contribution in [2.45, 2.75) is 32.2 Å². The molecule has 2 aromatic carbocycles. The first kappa shape index (κ1) is 15.0. The van der Waals surface area contributed by atoms with Crippen LogP contribution in [0.2, 0.25) is 0 Å². The van der Waals surface area contributed by atoms with Gasteiger partial charge in [-0.15, -0.1) is 0 Å². The Kier molecular flexibility index (Phi) is 3.45. The van der Waals surface area contributed by atoms with Crippen LogP contribution in [0.5, 0.6) is 0 Å². The maximum atomic E-state index is 11.1. The second-order valence-electron chi connectivity index (χ2n) is 6.95. The Morgan fingerprint density at radius 1 is 1.17 bits per heavy atom. The molecule has 4 rings (SSSR count). The summed E-state index contributed by atoms with van der Waals surface area (Å²) in [5, 5.41) is 12.8. The van der Waals surface area contributed by atoms with Crippen LogP contribution in [0.4, 0.5) is 5.69 Å². The van der Waals surface area contributed by atoms with Crippen LogP contribution < -0.4 is 5.32 Å². The Labute approximate surface area is 142 Å². The van der Waals surface area contributed by atoms with Gasteiger partial charge in [-0.05, 0) is 55.0 Å². The molecule has 3 atom stereocenters. The highest BCUT2D eigenvalue weighted by atomic mass is 16.4. The van der Waals surface area contributed by atoms with Crippen LogP contribution in [0.25, 0.3) is 0 Å². The highest BCUT2D eigenvalue weighted by Crippen LogP contribution is 2.50. The number of carboxylic acids is 1. The molecule has 1 heterocycles. The number of carbonyl (C=O) groups is 1. The fraction of sp³-hybridized carbons (Fsp3) is 0.286. The van der Waals surface area contributed by atoms with Gasteiger partial charge in [0.1, 0.15) is 0 Å². The van der Waals surface area contributed by atoms with Crippen molar-refractivity contribution in [3.05, 3.63) is 76.4 Å². The molecule has 0 radical (unpaired) electrons. The van der Waals surface area contributed by atoms with Crippen molar-refractivity contribution in [3.8, 4) is 0 Å². The van der Waals surface area contributed by atoms with E-state index in [4.69, 9.17) is 5.11 Å². The van der Waals surface area contributed by atoms with Gasteiger partial charge < -0.3 is 10.4 Å². The molecule has 0 unspecified atom stereocenters. The Hall–Kier alpha value is -2.55. The predicted molar refractivity (Wildman–Crippen MR) is 95.7 cm³/mol. The van der Waals surface area contributed by atoms with E-state index in [1.165, 1.54) is 22.4 Å². The van der Waals surface area contributed by atoms with Crippen LogP contribution in [0.1, 0.15) is 51.0 Å². The van der Waals surface area contributed by atoms with Gasteiger partial charge in [0.15, 0.2) is 0 Å². The van der Waals surface area contributed by atoms with Gasteiger partial charge in [0.05, 0.1) is 11.6 Å². The minimum Gasteiger partial charge on any atom is -0.478 e. The highest BCUT2D eigenvalue weighted by Gasteiger charge is 2.38. The molecule has 0 fully saturated rings. The Morgan fingerprint density at radius 3 is 2.62 bits per heavy atom. The lowest BCUT2D eigenvalue weighted by Gasteiger charge is -2.38. The van der Waals surface area contributed by atoms with Crippen molar-refractivity contribution in [2.24, 2.45) is 5.92 Å². The first-order chi connectivity index (χ1) is 11.5. The highest BCUT2D eigenvalue weighted by molar-refractivity contribution is 5.87. The number of carboxylic acid groups (broad SMARTS) is 1. The standard InChI is InChI=1S/C21H21NO2/c1-12-10-13(2)19-18(11-12)16-4-3-5-17(16)20(22-19)14-6-8-15(9-7-14)21(23)24/h3-4,6-11,16-17,20,22H,5H2,1-2H3,(H,23,24)/t16-,17+,20-/m1/s1. The minimum atomic E-state index is -0.879. The first-order valence-corrected chi connectivity index (χ1v) is 8.42. The molecule has 122 valence electrons. The van der Waals surface area contributed by atoms with E-state index >= 15 is 0 Å². The van der Waals surface area contributed by atoms with Gasteiger partial charge in [-0.2, -0.15) is 0 Å². The number of rotatable bonds is 2. The maximum absolute atomic E-state index is 11.1. The second-order valence-corrected chi connectivity index (χ2v) is 6.95. The maximum Gasteiger partial charge on any atom is 0.335 e. The summed E-state index contributed by atoms with van der Waals surface area (Å²) in [7, 11) is 0. The average molecular weight is 319 g/mol. The molecule has 1 aliphatic heterocycles. The predicted octanol–water partition coefficient (Wildman–Crippen LogP) is 4.83. The van der Waals surface area contributed by atoms with E-state index in [0.29, 0.717) is 17.4 Å². The number of anilines is 1. The van der Waals surface area contributed by atoms with Gasteiger partial charge in [-0.1, -0.05) is 42.0 Å². The second kappa shape index (κ2) is 5.52. The summed E-state index contributed by atoms with van der Waals surface area (Å²) in [5.74, 6) is 0.0357. The molecule has 2 aromatic rings. The number of benzene rings is 2. The summed E-state index contributed by atoms with van der Waals surface area (Å²) in [6.45, 7) is 4.31. The third-order valence-corrected chi connectivity index (χ3v) is 5.33. The van der Waals surface area contributed by atoms with E-state index in [0.717, 1.165) is 12.0 Å². The number of fused-ring (bicyclic) bond motifs is 3. The summed E-state index contributed by atoms with van der Waals surface area (Å²) in [4.78, 5) is 11.1. The number of hydrogen-bond acceptors (Lipinski definition) is 2. The van der Waals surface area contributed by atoms with Gasteiger partial charge in [0, 0.05) is 11.6 Å². The van der Waals surface area contributed by atoms with E-state index in [2.05, 4.69) is 43.4 Å². The molecule has 2 aliphatic rings. The van der Waals surface area contributed by atoms with E-state index in [1.807, 2.05) is 12.1 Å². The van der Waals surface area contributed by atoms with Gasteiger partial charge in [-0.3, -0.25) is 0 Å². The number of allylic oxidation sites excluding steroid dienone is 2. The molecule has 2 N–H and O–H groups in total. The molecule has 0 amide bonds. The number of nitrogens with one attached hydrogen (secondary N) is 1. The average Bonchev–Trinajstić information content (AvgIpc) is 3.04. The zero-order valence-corrected chi connectivity index (χ0v) is 13.9. The Balaban J connectivity index is 1.76. The molecular weight excluding hydrogens is 298 g/mol. The molecule has 3 heteroatoms. The van der Waals surface area contributed by atoms with E-state index in [-0.39, 0.29) is 6.04 Å². The largest absolute Gasteiger partial charge is 0.478 e. The third-order valence-electron chi connectivity index (χ3n) is 5.33. The number of aromatic carboxylic acids is 1. The summed E-state index contributed by atoms with van der Waals surface area (Å²) in [5.41, 5.74) is 6.70. The monoisotopic (exact) mass is 319 g/mol. The fourth-order valence-corrected chi connectivity index (χ4v) is 4.24. The molecule has 0 saturated heterocycles. The van der Waals surface area contributed by atoms with Crippen molar-refractivity contribution in [2.75, 3.05) is 5.32 Å². The lowest BCUT2D eigenvalue weighted by molar-refractivity contribution is 0.0697. The van der Waals surface area contributed by atoms with E-state index in [1.54, 1.807) is 12.1 Å². The van der Waals surface area contributed by atoms with Crippen molar-refractivity contribution in [1.82, 2.24) is 0 Å². The molecule has 3 nitrogen and oxygen atoms in total. The van der Waals surface area contributed by atoms with Crippen LogP contribution in [0, 0.1) is 19.8 Å². The van der Waals surface area contributed by atoms with Crippen LogP contribution >= 0.6 is 0 Å². The number of aryl methyl sites for hydroxylation is 2. The summed E-state index contributed by atoms with van der Waals surface area (Å²) >= 11 is 0. The van der Waals surface area contributed by atoms with Gasteiger partial charge in [0.2, 0.25) is 0 Å². The third kappa shape index (κ3) is 2.32. The SMILES string of the molecule is Cc1cc(C)c2c(c1)[C@@H]1C=CC[C@@H]1[C@@H](c1ccc(C(=O)O)cc1)N2. The van der Waals surface area contributed by atoms with E-state index in [9.17, 15) is 4.79 Å². The summed E-state index contributed by atoms with van der Waals surface area (Å²) < 4.78 is 0. The van der Waals surface area contributed by atoms with Crippen LogP contribution in [0.3, 0.4) is 0 Å². The van der Waals surface area contributed by atoms with Gasteiger partial charge >= 0.3 is 5.97 Å². The Morgan fingerprint density at radius 2 is 1.92 bits per heavy atom. The minimum absolute atomic E-state index is 0.210. The van der Waals surface area contributed by atoms with Crippen molar-refractivity contribution in [3.63, 3.8) is 0 Å². The number of hydrogen-bond donors (Lipinski definition) is 2. The fourth-order valence-electron chi connectivity index (χ4n) is 4.24. The van der Waals surface area contributed by atoms with Gasteiger partial charge in [-0.25, -0.2) is 4.79 Å². The molecule has 1 aliphatic carbocycles. The molecule has 0 aromatic heterocycles. The quantitative estimate of drug-likeness (QED) is 0.780. The molecule has 0 spiro atoms. The van der Waals surface area contributed by atoms with Crippen molar-refractivity contribution < 1.29 is 9.90 Å². The van der Waals surface area contributed by atoms with Crippen LogP contribution in [-0.2, 0) is 0 Å². The smallest absolute Gasteiger partial charge is 0.335 e. The van der Waals surface area contributed by atoms with Crippen LogP contribution in [-0.4, -0.2) is 11.1 Å². The lowest BCUT2D eigenvalue weighted by Crippen LogP contribution is -2.29. The van der Waals surface area contributed by atoms with Crippen molar-refractivity contribution >= 4 is 11.7 Å². The normalized spacial score (nSPS) is 24.2. The van der Waals surface area contributed by atoms with Gasteiger partial charge in [0.25, 0.3) is 0 Å². The van der Waals surface area contributed by atoms with Crippen molar-refractivity contribution in [1.29, 1.82) is 0 Å². The molecular formula is C21H21NO2. The molecule has 0 bridgehead atoms. The molecule has 24 heavy (non-hydrogen) atoms. The van der Waals surface area contributed by atoms with E-state index < -0.39 is 5.97 Å². The lowest BCUT2D eigenvalue weighted by atomic mass is 9.76. The zero-order valence-electron chi connectivity index (χ0n) is 13.9. The zero-order chi connectivity index (χ0) is 16.8. The van der Waals surface area contributed by atoms with Crippen LogP contribution in [0.15, 0.2) is 48.6 Å². The Bertz CT molecular complexity index is 836. The topological polar surface area (TPSA) is 49.3 Å².